The van der Waals surface area contributed by atoms with Crippen LogP contribution in [0, 0.1) is 6.92 Å². The van der Waals surface area contributed by atoms with Gasteiger partial charge in [-0.15, -0.1) is 11.3 Å². The molecule has 146 valence electrons. The molecule has 0 aliphatic heterocycles. The van der Waals surface area contributed by atoms with Crippen molar-refractivity contribution in [3.63, 3.8) is 0 Å². The molecular weight excluding hydrogens is 384 g/mol. The Morgan fingerprint density at radius 1 is 1.03 bits per heavy atom. The number of hydrogen-bond donors (Lipinski definition) is 3. The van der Waals surface area contributed by atoms with Crippen molar-refractivity contribution >= 4 is 34.1 Å². The number of nitrogens with one attached hydrogen (secondary N) is 3. The SMILES string of the molecule is Cc1nc(Cc2ccccc2)sc1C(=O)NNC(=O)Cc1c[nH]c2ccccc12. The molecule has 0 fully saturated rings. The van der Waals surface area contributed by atoms with Gasteiger partial charge < -0.3 is 4.98 Å². The summed E-state index contributed by atoms with van der Waals surface area (Å²) in [6.07, 6.45) is 2.66. The predicted octanol–water partition coefficient (Wildman–Crippen LogP) is 3.53. The van der Waals surface area contributed by atoms with Gasteiger partial charge in [0.25, 0.3) is 5.91 Å². The fourth-order valence-electron chi connectivity index (χ4n) is 3.19. The first-order chi connectivity index (χ1) is 14.1. The van der Waals surface area contributed by atoms with Gasteiger partial charge in [-0.1, -0.05) is 48.5 Å². The van der Waals surface area contributed by atoms with Gasteiger partial charge in [-0.2, -0.15) is 0 Å². The quantitative estimate of drug-likeness (QED) is 0.445. The third kappa shape index (κ3) is 4.35. The molecule has 4 rings (SSSR count). The molecule has 0 radical (unpaired) electrons. The van der Waals surface area contributed by atoms with Gasteiger partial charge >= 0.3 is 0 Å². The number of amides is 2. The summed E-state index contributed by atoms with van der Waals surface area (Å²) in [6, 6.07) is 17.8. The zero-order chi connectivity index (χ0) is 20.2. The van der Waals surface area contributed by atoms with Crippen LogP contribution in [0.5, 0.6) is 0 Å². The number of aromatic amines is 1. The van der Waals surface area contributed by atoms with E-state index in [1.807, 2.05) is 60.8 Å². The maximum atomic E-state index is 12.5. The van der Waals surface area contributed by atoms with Crippen molar-refractivity contribution < 1.29 is 9.59 Å². The molecule has 0 spiro atoms. The molecule has 0 saturated carbocycles. The Morgan fingerprint density at radius 3 is 2.62 bits per heavy atom. The lowest BCUT2D eigenvalue weighted by Gasteiger charge is -2.06. The zero-order valence-electron chi connectivity index (χ0n) is 15.9. The van der Waals surface area contributed by atoms with E-state index in [9.17, 15) is 9.59 Å². The van der Waals surface area contributed by atoms with E-state index >= 15 is 0 Å². The second-order valence-electron chi connectivity index (χ2n) is 6.72. The fraction of sp³-hybridized carbons (Fsp3) is 0.136. The molecular formula is C22H20N4O2S. The second-order valence-corrected chi connectivity index (χ2v) is 7.81. The average Bonchev–Trinajstić information content (AvgIpc) is 3.30. The number of aryl methyl sites for hydroxylation is 1. The Bertz CT molecular complexity index is 1160. The summed E-state index contributed by atoms with van der Waals surface area (Å²) in [5.41, 5.74) is 8.65. The molecule has 0 atom stereocenters. The summed E-state index contributed by atoms with van der Waals surface area (Å²) in [5, 5.41) is 1.86. The van der Waals surface area contributed by atoms with Crippen molar-refractivity contribution in [3.05, 3.63) is 87.5 Å². The van der Waals surface area contributed by atoms with Crippen LogP contribution in [-0.2, 0) is 17.6 Å². The number of nitrogens with zero attached hydrogens (tertiary/aromatic N) is 1. The summed E-state index contributed by atoms with van der Waals surface area (Å²) in [6.45, 7) is 1.80. The van der Waals surface area contributed by atoms with Gasteiger partial charge in [-0.3, -0.25) is 20.4 Å². The first-order valence-electron chi connectivity index (χ1n) is 9.24. The van der Waals surface area contributed by atoms with Crippen LogP contribution in [0.1, 0.15) is 31.5 Å². The number of H-pyrrole nitrogens is 1. The number of benzene rings is 2. The first-order valence-corrected chi connectivity index (χ1v) is 10.1. The van der Waals surface area contributed by atoms with Gasteiger partial charge in [0.15, 0.2) is 0 Å². The molecule has 4 aromatic rings. The van der Waals surface area contributed by atoms with E-state index in [-0.39, 0.29) is 18.2 Å². The lowest BCUT2D eigenvalue weighted by molar-refractivity contribution is -0.121. The molecule has 2 amide bonds. The Hall–Kier alpha value is -3.45. The standard InChI is InChI=1S/C22H20N4O2S/c1-14-21(29-20(24-14)11-15-7-3-2-4-8-15)22(28)26-25-19(27)12-16-13-23-18-10-6-5-9-17(16)18/h2-10,13,23H,11-12H2,1H3,(H,25,27)(H,26,28). The number of hydrazine groups is 1. The van der Waals surface area contributed by atoms with Gasteiger partial charge in [0.1, 0.15) is 4.88 Å². The normalized spacial score (nSPS) is 10.8. The summed E-state index contributed by atoms with van der Waals surface area (Å²) in [7, 11) is 0. The minimum atomic E-state index is -0.355. The number of para-hydroxylation sites is 1. The van der Waals surface area contributed by atoms with Crippen LogP contribution in [0.25, 0.3) is 10.9 Å². The topological polar surface area (TPSA) is 86.9 Å². The number of carbonyl (C=O) groups excluding carboxylic acids is 2. The van der Waals surface area contributed by atoms with Crippen molar-refractivity contribution in [2.45, 2.75) is 19.8 Å². The molecule has 0 unspecified atom stereocenters. The highest BCUT2D eigenvalue weighted by atomic mass is 32.1. The number of fused-ring (bicyclic) bond motifs is 1. The van der Waals surface area contributed by atoms with E-state index in [1.165, 1.54) is 11.3 Å². The first kappa shape index (κ1) is 18.9. The van der Waals surface area contributed by atoms with Gasteiger partial charge in [0.2, 0.25) is 5.91 Å². The van der Waals surface area contributed by atoms with Crippen LogP contribution in [0.4, 0.5) is 0 Å². The highest BCUT2D eigenvalue weighted by Crippen LogP contribution is 2.21. The average molecular weight is 404 g/mol. The Balaban J connectivity index is 1.36. The fourth-order valence-corrected chi connectivity index (χ4v) is 4.18. The number of carbonyl (C=O) groups is 2. The van der Waals surface area contributed by atoms with Gasteiger partial charge in [0.05, 0.1) is 17.1 Å². The Morgan fingerprint density at radius 2 is 1.79 bits per heavy atom. The summed E-state index contributed by atoms with van der Waals surface area (Å²) in [4.78, 5) is 32.9. The smallest absolute Gasteiger partial charge is 0.281 e. The minimum Gasteiger partial charge on any atom is -0.361 e. The highest BCUT2D eigenvalue weighted by molar-refractivity contribution is 7.13. The van der Waals surface area contributed by atoms with Crippen molar-refractivity contribution in [2.24, 2.45) is 0 Å². The van der Waals surface area contributed by atoms with Crippen molar-refractivity contribution in [1.82, 2.24) is 20.8 Å². The van der Waals surface area contributed by atoms with Crippen LogP contribution in [0.3, 0.4) is 0 Å². The maximum absolute atomic E-state index is 12.5. The van der Waals surface area contributed by atoms with Crippen molar-refractivity contribution in [3.8, 4) is 0 Å². The van der Waals surface area contributed by atoms with E-state index in [4.69, 9.17) is 0 Å². The Labute approximate surface area is 172 Å². The molecule has 6 nitrogen and oxygen atoms in total. The number of rotatable bonds is 5. The molecule has 2 aromatic carbocycles. The van der Waals surface area contributed by atoms with Crippen LogP contribution < -0.4 is 10.9 Å². The second kappa shape index (κ2) is 8.28. The van der Waals surface area contributed by atoms with Crippen LogP contribution in [0.15, 0.2) is 60.8 Å². The number of thiazole rings is 1. The number of hydrogen-bond acceptors (Lipinski definition) is 4. The largest absolute Gasteiger partial charge is 0.361 e. The summed E-state index contributed by atoms with van der Waals surface area (Å²) < 4.78 is 0. The summed E-state index contributed by atoms with van der Waals surface area (Å²) >= 11 is 1.34. The molecule has 2 heterocycles. The maximum Gasteiger partial charge on any atom is 0.281 e. The van der Waals surface area contributed by atoms with Gasteiger partial charge in [-0.05, 0) is 24.1 Å². The van der Waals surface area contributed by atoms with Crippen LogP contribution >= 0.6 is 11.3 Å². The molecule has 3 N–H and O–H groups in total. The van der Waals surface area contributed by atoms with Crippen LogP contribution in [0.2, 0.25) is 0 Å². The molecule has 0 aliphatic rings. The lowest BCUT2D eigenvalue weighted by atomic mass is 10.1. The van der Waals surface area contributed by atoms with E-state index in [1.54, 1.807) is 6.92 Å². The van der Waals surface area contributed by atoms with Gasteiger partial charge in [-0.25, -0.2) is 4.98 Å². The van der Waals surface area contributed by atoms with Crippen molar-refractivity contribution in [1.29, 1.82) is 0 Å². The van der Waals surface area contributed by atoms with E-state index in [0.29, 0.717) is 17.0 Å². The van der Waals surface area contributed by atoms with E-state index < -0.39 is 0 Å². The highest BCUT2D eigenvalue weighted by Gasteiger charge is 2.16. The summed E-state index contributed by atoms with van der Waals surface area (Å²) in [5.74, 6) is -0.638. The van der Waals surface area contributed by atoms with Crippen molar-refractivity contribution in [2.75, 3.05) is 0 Å². The third-order valence-corrected chi connectivity index (χ3v) is 5.74. The third-order valence-electron chi connectivity index (χ3n) is 4.59. The molecule has 7 heteroatoms. The lowest BCUT2D eigenvalue weighted by Crippen LogP contribution is -2.42. The van der Waals surface area contributed by atoms with E-state index in [0.717, 1.165) is 27.0 Å². The van der Waals surface area contributed by atoms with Gasteiger partial charge in [0, 0.05) is 23.5 Å². The monoisotopic (exact) mass is 404 g/mol. The molecule has 0 saturated heterocycles. The zero-order valence-corrected chi connectivity index (χ0v) is 16.7. The number of aromatic nitrogens is 2. The van der Waals surface area contributed by atoms with Crippen LogP contribution in [-0.4, -0.2) is 21.8 Å². The van der Waals surface area contributed by atoms with E-state index in [2.05, 4.69) is 20.8 Å². The predicted molar refractivity (Wildman–Crippen MR) is 114 cm³/mol. The molecule has 29 heavy (non-hydrogen) atoms. The Kier molecular flexibility index (Phi) is 5.39. The molecule has 0 bridgehead atoms. The minimum absolute atomic E-state index is 0.172. The molecule has 2 aromatic heterocycles. The molecule has 0 aliphatic carbocycles.